The molecule has 0 spiro atoms. The van der Waals surface area contributed by atoms with Crippen molar-refractivity contribution in [2.75, 3.05) is 19.0 Å². The van der Waals surface area contributed by atoms with Gasteiger partial charge in [-0.05, 0) is 18.6 Å². The third-order valence-electron chi connectivity index (χ3n) is 3.18. The van der Waals surface area contributed by atoms with Crippen molar-refractivity contribution in [2.45, 2.75) is 56.4 Å². The van der Waals surface area contributed by atoms with Gasteiger partial charge < -0.3 is 29.9 Å². The maximum Gasteiger partial charge on any atom is 0.186 e. The minimum atomic E-state index is -1.37. The van der Waals surface area contributed by atoms with Crippen molar-refractivity contribution in [2.24, 2.45) is 0 Å². The van der Waals surface area contributed by atoms with E-state index in [1.807, 2.05) is 0 Å². The zero-order valence-corrected chi connectivity index (χ0v) is 11.8. The van der Waals surface area contributed by atoms with E-state index in [9.17, 15) is 15.3 Å². The molecule has 0 bridgehead atoms. The first-order chi connectivity index (χ1) is 9.11. The number of hydrogen-bond acceptors (Lipinski definition) is 7. The standard InChI is InChI=1S/C12H24O6S/c13-7-8-9(14)10(15)11(16)12(18-8)17-5-3-1-2-4-6-19/h8-16,19H,1-7H2. The topological polar surface area (TPSA) is 99.4 Å². The summed E-state index contributed by atoms with van der Waals surface area (Å²) in [5, 5.41) is 37.9. The molecule has 114 valence electrons. The van der Waals surface area contributed by atoms with Crippen LogP contribution >= 0.6 is 12.6 Å². The number of hydrogen-bond donors (Lipinski definition) is 5. The highest BCUT2D eigenvalue weighted by molar-refractivity contribution is 7.80. The minimum Gasteiger partial charge on any atom is -0.394 e. The maximum atomic E-state index is 9.71. The summed E-state index contributed by atoms with van der Waals surface area (Å²) < 4.78 is 10.6. The van der Waals surface area contributed by atoms with E-state index < -0.39 is 37.3 Å². The summed E-state index contributed by atoms with van der Waals surface area (Å²) in [5.41, 5.74) is 0. The van der Waals surface area contributed by atoms with Crippen molar-refractivity contribution in [3.05, 3.63) is 0 Å². The first-order valence-corrected chi connectivity index (χ1v) is 7.28. The Labute approximate surface area is 118 Å². The Hall–Kier alpha value is 0.110. The van der Waals surface area contributed by atoms with Gasteiger partial charge in [0, 0.05) is 6.61 Å². The summed E-state index contributed by atoms with van der Waals surface area (Å²) in [6.07, 6.45) is -2.00. The van der Waals surface area contributed by atoms with Crippen LogP contribution < -0.4 is 0 Å². The lowest BCUT2D eigenvalue weighted by Gasteiger charge is -2.39. The van der Waals surface area contributed by atoms with Gasteiger partial charge in [0.25, 0.3) is 0 Å². The van der Waals surface area contributed by atoms with E-state index in [0.717, 1.165) is 31.4 Å². The molecular weight excluding hydrogens is 272 g/mol. The molecule has 0 amide bonds. The zero-order chi connectivity index (χ0) is 14.3. The number of unbranched alkanes of at least 4 members (excludes halogenated alkanes) is 3. The average Bonchev–Trinajstić information content (AvgIpc) is 2.42. The van der Waals surface area contributed by atoms with Crippen LogP contribution in [0.2, 0.25) is 0 Å². The summed E-state index contributed by atoms with van der Waals surface area (Å²) in [5.74, 6) is 0.869. The molecule has 7 heteroatoms. The van der Waals surface area contributed by atoms with Gasteiger partial charge in [-0.25, -0.2) is 0 Å². The summed E-state index contributed by atoms with van der Waals surface area (Å²) >= 11 is 4.12. The molecule has 1 heterocycles. The van der Waals surface area contributed by atoms with Crippen molar-refractivity contribution in [1.82, 2.24) is 0 Å². The van der Waals surface area contributed by atoms with Crippen molar-refractivity contribution >= 4 is 12.6 Å². The van der Waals surface area contributed by atoms with Crippen LogP contribution in [-0.2, 0) is 9.47 Å². The average molecular weight is 296 g/mol. The number of aliphatic hydroxyl groups excluding tert-OH is 4. The van der Waals surface area contributed by atoms with Crippen molar-refractivity contribution in [3.63, 3.8) is 0 Å². The van der Waals surface area contributed by atoms with Crippen LogP contribution in [0.3, 0.4) is 0 Å². The van der Waals surface area contributed by atoms with Crippen molar-refractivity contribution in [1.29, 1.82) is 0 Å². The lowest BCUT2D eigenvalue weighted by Crippen LogP contribution is -2.59. The summed E-state index contributed by atoms with van der Waals surface area (Å²) in [4.78, 5) is 0. The molecule has 19 heavy (non-hydrogen) atoms. The van der Waals surface area contributed by atoms with E-state index >= 15 is 0 Å². The monoisotopic (exact) mass is 296 g/mol. The molecule has 1 aliphatic heterocycles. The Kier molecular flexibility index (Phi) is 8.24. The van der Waals surface area contributed by atoms with E-state index in [0.29, 0.717) is 6.61 Å². The second-order valence-corrected chi connectivity index (χ2v) is 5.15. The van der Waals surface area contributed by atoms with Gasteiger partial charge in [0.05, 0.1) is 6.61 Å². The van der Waals surface area contributed by atoms with Gasteiger partial charge >= 0.3 is 0 Å². The molecule has 0 aromatic heterocycles. The van der Waals surface area contributed by atoms with E-state index in [2.05, 4.69) is 12.6 Å². The Morgan fingerprint density at radius 1 is 0.947 bits per heavy atom. The molecule has 1 saturated heterocycles. The van der Waals surface area contributed by atoms with Crippen LogP contribution in [-0.4, -0.2) is 70.1 Å². The summed E-state index contributed by atoms with van der Waals surface area (Å²) in [6, 6.07) is 0. The molecule has 0 saturated carbocycles. The SMILES string of the molecule is OCC1OC(OCCCCCCS)C(O)C(O)C1O. The van der Waals surface area contributed by atoms with Gasteiger partial charge in [0.2, 0.25) is 0 Å². The molecule has 1 fully saturated rings. The smallest absolute Gasteiger partial charge is 0.186 e. The van der Waals surface area contributed by atoms with Crippen LogP contribution in [0, 0.1) is 0 Å². The van der Waals surface area contributed by atoms with Crippen LogP contribution in [0.25, 0.3) is 0 Å². The fourth-order valence-electron chi connectivity index (χ4n) is 1.97. The highest BCUT2D eigenvalue weighted by Gasteiger charge is 2.43. The van der Waals surface area contributed by atoms with Crippen LogP contribution in [0.1, 0.15) is 25.7 Å². The molecule has 6 nitrogen and oxygen atoms in total. The van der Waals surface area contributed by atoms with E-state index in [1.165, 1.54) is 0 Å². The summed E-state index contributed by atoms with van der Waals surface area (Å²) in [7, 11) is 0. The third-order valence-corrected chi connectivity index (χ3v) is 3.50. The fraction of sp³-hybridized carbons (Fsp3) is 1.00. The Balaban J connectivity index is 2.28. The second-order valence-electron chi connectivity index (χ2n) is 4.71. The Bertz CT molecular complexity index is 240. The van der Waals surface area contributed by atoms with Crippen LogP contribution in [0.15, 0.2) is 0 Å². The Morgan fingerprint density at radius 3 is 2.26 bits per heavy atom. The Morgan fingerprint density at radius 2 is 1.63 bits per heavy atom. The van der Waals surface area contributed by atoms with Gasteiger partial charge in [-0.1, -0.05) is 12.8 Å². The first kappa shape index (κ1) is 17.2. The predicted octanol–water partition coefficient (Wildman–Crippen LogP) is -0.707. The lowest BCUT2D eigenvalue weighted by molar-refractivity contribution is -0.301. The molecular formula is C12H24O6S. The zero-order valence-electron chi connectivity index (χ0n) is 10.9. The third kappa shape index (κ3) is 5.18. The molecule has 0 aliphatic carbocycles. The minimum absolute atomic E-state index is 0.398. The molecule has 0 aromatic rings. The highest BCUT2D eigenvalue weighted by atomic mass is 32.1. The quantitative estimate of drug-likeness (QED) is 0.300. The van der Waals surface area contributed by atoms with Gasteiger partial charge in [0.15, 0.2) is 6.29 Å². The van der Waals surface area contributed by atoms with Gasteiger partial charge in [-0.2, -0.15) is 12.6 Å². The largest absolute Gasteiger partial charge is 0.394 e. The van der Waals surface area contributed by atoms with E-state index in [1.54, 1.807) is 0 Å². The van der Waals surface area contributed by atoms with E-state index in [-0.39, 0.29) is 0 Å². The number of aliphatic hydroxyl groups is 4. The maximum absolute atomic E-state index is 9.71. The second kappa shape index (κ2) is 9.12. The molecule has 1 rings (SSSR count). The lowest BCUT2D eigenvalue weighted by atomic mass is 9.99. The van der Waals surface area contributed by atoms with Gasteiger partial charge in [-0.3, -0.25) is 0 Å². The molecule has 0 radical (unpaired) electrons. The van der Waals surface area contributed by atoms with Gasteiger partial charge in [-0.15, -0.1) is 0 Å². The van der Waals surface area contributed by atoms with Gasteiger partial charge in [0.1, 0.15) is 24.4 Å². The van der Waals surface area contributed by atoms with Crippen LogP contribution in [0.4, 0.5) is 0 Å². The van der Waals surface area contributed by atoms with Crippen molar-refractivity contribution < 1.29 is 29.9 Å². The number of ether oxygens (including phenoxy) is 2. The molecule has 5 atom stereocenters. The normalized spacial score (nSPS) is 35.5. The summed E-state index contributed by atoms with van der Waals surface area (Å²) in [6.45, 7) is -0.0397. The molecule has 0 aromatic carbocycles. The molecule has 4 N–H and O–H groups in total. The molecule has 5 unspecified atom stereocenters. The highest BCUT2D eigenvalue weighted by Crippen LogP contribution is 2.22. The number of rotatable bonds is 8. The van der Waals surface area contributed by atoms with Crippen molar-refractivity contribution in [3.8, 4) is 0 Å². The fourth-order valence-corrected chi connectivity index (χ4v) is 2.20. The van der Waals surface area contributed by atoms with E-state index in [4.69, 9.17) is 14.6 Å². The van der Waals surface area contributed by atoms with Crippen LogP contribution in [0.5, 0.6) is 0 Å². The number of thiol groups is 1. The predicted molar refractivity (Wildman–Crippen MR) is 72.0 cm³/mol. The first-order valence-electron chi connectivity index (χ1n) is 6.64. The molecule has 1 aliphatic rings.